The van der Waals surface area contributed by atoms with E-state index >= 15 is 0 Å². The Morgan fingerprint density at radius 2 is 2.18 bits per heavy atom. The lowest BCUT2D eigenvalue weighted by atomic mass is 10.1. The van der Waals surface area contributed by atoms with Crippen LogP contribution in [0.1, 0.15) is 29.3 Å². The third kappa shape index (κ3) is 3.97. The normalized spacial score (nSPS) is 10.9. The van der Waals surface area contributed by atoms with E-state index in [1.807, 2.05) is 25.1 Å². The van der Waals surface area contributed by atoms with E-state index in [2.05, 4.69) is 5.10 Å². The van der Waals surface area contributed by atoms with Gasteiger partial charge in [0, 0.05) is 13.2 Å². The van der Waals surface area contributed by atoms with E-state index in [1.54, 1.807) is 37.3 Å². The number of aryl methyl sites for hydroxylation is 1. The molecule has 116 valence electrons. The Labute approximate surface area is 130 Å². The van der Waals surface area contributed by atoms with Crippen molar-refractivity contribution in [3.05, 3.63) is 47.8 Å². The lowest BCUT2D eigenvalue weighted by molar-refractivity contribution is 0.104. The number of hydrogen-bond acceptors (Lipinski definition) is 4. The summed E-state index contributed by atoms with van der Waals surface area (Å²) >= 11 is 0. The summed E-state index contributed by atoms with van der Waals surface area (Å²) in [6, 6.07) is 5.57. The smallest absolute Gasteiger partial charge is 0.189 e. The van der Waals surface area contributed by atoms with Crippen molar-refractivity contribution in [2.75, 3.05) is 13.7 Å². The van der Waals surface area contributed by atoms with Crippen molar-refractivity contribution in [3.8, 4) is 11.5 Å². The maximum Gasteiger partial charge on any atom is 0.189 e. The maximum absolute atomic E-state index is 12.0. The first-order valence-corrected chi connectivity index (χ1v) is 7.16. The zero-order valence-electron chi connectivity index (χ0n) is 13.1. The summed E-state index contributed by atoms with van der Waals surface area (Å²) in [6.07, 6.45) is 7.45. The molecule has 0 fully saturated rings. The number of ketones is 1. The largest absolute Gasteiger partial charge is 0.493 e. The number of carbonyl (C=O) groups excluding carboxylic acids is 1. The monoisotopic (exact) mass is 300 g/mol. The van der Waals surface area contributed by atoms with Gasteiger partial charge in [0.15, 0.2) is 17.3 Å². The number of aromatic nitrogens is 2. The van der Waals surface area contributed by atoms with Crippen molar-refractivity contribution in [3.63, 3.8) is 0 Å². The van der Waals surface area contributed by atoms with Crippen LogP contribution in [0.3, 0.4) is 0 Å². The first-order valence-electron chi connectivity index (χ1n) is 7.16. The molecular weight excluding hydrogens is 280 g/mol. The van der Waals surface area contributed by atoms with Crippen molar-refractivity contribution < 1.29 is 14.3 Å². The third-order valence-electron chi connectivity index (χ3n) is 3.07. The predicted octanol–water partition coefficient (Wildman–Crippen LogP) is 3.11. The Bertz CT molecular complexity index is 674. The van der Waals surface area contributed by atoms with Crippen LogP contribution < -0.4 is 9.47 Å². The fourth-order valence-corrected chi connectivity index (χ4v) is 1.94. The summed E-state index contributed by atoms with van der Waals surface area (Å²) < 4.78 is 12.5. The van der Waals surface area contributed by atoms with Gasteiger partial charge in [-0.2, -0.15) is 5.10 Å². The van der Waals surface area contributed by atoms with E-state index in [0.29, 0.717) is 23.7 Å². The van der Waals surface area contributed by atoms with Crippen LogP contribution in [0.2, 0.25) is 0 Å². The zero-order chi connectivity index (χ0) is 15.9. The molecule has 1 aromatic heterocycles. The summed E-state index contributed by atoms with van der Waals surface area (Å²) in [5.74, 6) is 1.28. The zero-order valence-corrected chi connectivity index (χ0v) is 13.1. The van der Waals surface area contributed by atoms with Crippen molar-refractivity contribution in [1.29, 1.82) is 0 Å². The van der Waals surface area contributed by atoms with Gasteiger partial charge in [-0.15, -0.1) is 0 Å². The van der Waals surface area contributed by atoms with Crippen molar-refractivity contribution in [1.82, 2.24) is 9.78 Å². The highest BCUT2D eigenvalue weighted by molar-refractivity contribution is 6.06. The standard InChI is InChI=1S/C17H20N2O3/c1-4-9-22-17-10-13(6-8-16(17)21-3)5-7-15(20)14-11-18-19(2)12-14/h5-8,10-12H,4,9H2,1-3H3/b7-5+. The van der Waals surface area contributed by atoms with E-state index < -0.39 is 0 Å². The van der Waals surface area contributed by atoms with E-state index in [0.717, 1.165) is 12.0 Å². The average molecular weight is 300 g/mol. The fourth-order valence-electron chi connectivity index (χ4n) is 1.94. The highest BCUT2D eigenvalue weighted by atomic mass is 16.5. The van der Waals surface area contributed by atoms with Crippen LogP contribution in [0.15, 0.2) is 36.7 Å². The SMILES string of the molecule is CCCOc1cc(/C=C/C(=O)c2cnn(C)c2)ccc1OC. The summed E-state index contributed by atoms with van der Waals surface area (Å²) in [5.41, 5.74) is 1.44. The van der Waals surface area contributed by atoms with Crippen molar-refractivity contribution in [2.45, 2.75) is 13.3 Å². The molecular formula is C17H20N2O3. The number of hydrogen-bond donors (Lipinski definition) is 0. The van der Waals surface area contributed by atoms with Crippen LogP contribution in [0.4, 0.5) is 0 Å². The molecule has 5 nitrogen and oxygen atoms in total. The van der Waals surface area contributed by atoms with Gasteiger partial charge in [-0.05, 0) is 30.2 Å². The molecule has 0 unspecified atom stereocenters. The van der Waals surface area contributed by atoms with Crippen molar-refractivity contribution >= 4 is 11.9 Å². The molecule has 0 radical (unpaired) electrons. The van der Waals surface area contributed by atoms with Gasteiger partial charge in [-0.1, -0.05) is 19.1 Å². The van der Waals surface area contributed by atoms with E-state index in [4.69, 9.17) is 9.47 Å². The molecule has 1 heterocycles. The van der Waals surface area contributed by atoms with E-state index in [-0.39, 0.29) is 5.78 Å². The number of ether oxygens (including phenoxy) is 2. The van der Waals surface area contributed by atoms with Crippen LogP contribution in [0.5, 0.6) is 11.5 Å². The Morgan fingerprint density at radius 3 is 2.82 bits per heavy atom. The molecule has 0 atom stereocenters. The molecule has 0 aliphatic heterocycles. The Hall–Kier alpha value is -2.56. The van der Waals surface area contributed by atoms with Gasteiger partial charge in [0.05, 0.1) is 25.5 Å². The third-order valence-corrected chi connectivity index (χ3v) is 3.07. The molecule has 22 heavy (non-hydrogen) atoms. The van der Waals surface area contributed by atoms with Crippen LogP contribution in [0.25, 0.3) is 6.08 Å². The van der Waals surface area contributed by atoms with Crippen molar-refractivity contribution in [2.24, 2.45) is 7.05 Å². The second-order valence-electron chi connectivity index (χ2n) is 4.86. The van der Waals surface area contributed by atoms with Gasteiger partial charge in [0.2, 0.25) is 0 Å². The highest BCUT2D eigenvalue weighted by Crippen LogP contribution is 2.28. The van der Waals surface area contributed by atoms with Gasteiger partial charge in [0.25, 0.3) is 0 Å². The van der Waals surface area contributed by atoms with Gasteiger partial charge in [-0.3, -0.25) is 9.48 Å². The molecule has 0 saturated carbocycles. The highest BCUT2D eigenvalue weighted by Gasteiger charge is 2.06. The molecule has 1 aromatic carbocycles. The second kappa shape index (κ2) is 7.45. The second-order valence-corrected chi connectivity index (χ2v) is 4.86. The summed E-state index contributed by atoms with van der Waals surface area (Å²) in [7, 11) is 3.39. The number of benzene rings is 1. The molecule has 2 aromatic rings. The van der Waals surface area contributed by atoms with Crippen LogP contribution in [-0.4, -0.2) is 29.3 Å². The van der Waals surface area contributed by atoms with Gasteiger partial charge >= 0.3 is 0 Å². The topological polar surface area (TPSA) is 53.3 Å². The lowest BCUT2D eigenvalue weighted by Crippen LogP contribution is -1.98. The molecule has 0 aliphatic carbocycles. The summed E-state index contributed by atoms with van der Waals surface area (Å²) in [4.78, 5) is 12.0. The molecule has 0 saturated heterocycles. The first-order chi connectivity index (χ1) is 10.6. The Morgan fingerprint density at radius 1 is 1.36 bits per heavy atom. The van der Waals surface area contributed by atoms with Crippen LogP contribution in [0, 0.1) is 0 Å². The molecule has 0 spiro atoms. The lowest BCUT2D eigenvalue weighted by Gasteiger charge is -2.10. The van der Waals surface area contributed by atoms with Gasteiger partial charge in [0.1, 0.15) is 0 Å². The van der Waals surface area contributed by atoms with Gasteiger partial charge in [-0.25, -0.2) is 0 Å². The summed E-state index contributed by atoms with van der Waals surface area (Å²) in [5, 5.41) is 3.99. The molecule has 0 amide bonds. The molecule has 0 bridgehead atoms. The molecule has 0 aliphatic rings. The molecule has 2 rings (SSSR count). The summed E-state index contributed by atoms with van der Waals surface area (Å²) in [6.45, 7) is 2.67. The fraction of sp³-hybridized carbons (Fsp3) is 0.294. The minimum absolute atomic E-state index is 0.0834. The molecule has 5 heteroatoms. The van der Waals surface area contributed by atoms with Crippen LogP contribution >= 0.6 is 0 Å². The molecule has 0 N–H and O–H groups in total. The number of nitrogens with zero attached hydrogens (tertiary/aromatic N) is 2. The average Bonchev–Trinajstić information content (AvgIpc) is 2.97. The number of carbonyl (C=O) groups is 1. The maximum atomic E-state index is 12.0. The van der Waals surface area contributed by atoms with Crippen LogP contribution in [-0.2, 0) is 7.05 Å². The predicted molar refractivity (Wildman–Crippen MR) is 85.4 cm³/mol. The van der Waals surface area contributed by atoms with E-state index in [1.165, 1.54) is 6.08 Å². The van der Waals surface area contributed by atoms with E-state index in [9.17, 15) is 4.79 Å². The number of allylic oxidation sites excluding steroid dienone is 1. The minimum atomic E-state index is -0.0834. The Kier molecular flexibility index (Phi) is 5.36. The van der Waals surface area contributed by atoms with Gasteiger partial charge < -0.3 is 9.47 Å². The first kappa shape index (κ1) is 15.8. The minimum Gasteiger partial charge on any atom is -0.493 e. The quantitative estimate of drug-likeness (QED) is 0.582. The Balaban J connectivity index is 2.14. The number of rotatable bonds is 7. The number of methoxy groups -OCH3 is 1.